The number of aryl methyl sites for hydroxylation is 2. The first-order chi connectivity index (χ1) is 9.88. The molecule has 1 aromatic carbocycles. The molecule has 0 fully saturated rings. The van der Waals surface area contributed by atoms with Crippen molar-refractivity contribution in [2.75, 3.05) is 11.9 Å². The maximum absolute atomic E-state index is 13.8. The van der Waals surface area contributed by atoms with E-state index in [1.807, 2.05) is 45.2 Å². The van der Waals surface area contributed by atoms with Crippen LogP contribution < -0.4 is 10.6 Å². The van der Waals surface area contributed by atoms with Crippen molar-refractivity contribution in [3.8, 4) is 0 Å². The monoisotopic (exact) mass is 287 g/mol. The molecule has 0 radical (unpaired) electrons. The Morgan fingerprint density at radius 1 is 1.29 bits per heavy atom. The lowest BCUT2D eigenvalue weighted by molar-refractivity contribution is 0.612. The van der Waals surface area contributed by atoms with Gasteiger partial charge in [0.1, 0.15) is 5.82 Å². The Balaban J connectivity index is 2.34. The van der Waals surface area contributed by atoms with Gasteiger partial charge in [-0.15, -0.1) is 0 Å². The molecule has 2 rings (SSSR count). The molecule has 2 aromatic rings. The molecule has 0 bridgehead atoms. The lowest BCUT2D eigenvalue weighted by Gasteiger charge is -2.24. The van der Waals surface area contributed by atoms with Gasteiger partial charge in [0.15, 0.2) is 0 Å². The van der Waals surface area contributed by atoms with Crippen LogP contribution in [-0.4, -0.2) is 12.0 Å². The van der Waals surface area contributed by atoms with Crippen LogP contribution in [-0.2, 0) is 6.54 Å². The number of aromatic nitrogens is 1. The molecule has 0 aliphatic carbocycles. The number of benzene rings is 1. The predicted octanol–water partition coefficient (Wildman–Crippen LogP) is 3.49. The number of nitrogens with two attached hydrogens (primary N) is 1. The molecule has 0 unspecified atom stereocenters. The van der Waals surface area contributed by atoms with E-state index in [2.05, 4.69) is 9.88 Å². The molecule has 1 aromatic heterocycles. The minimum atomic E-state index is -0.219. The van der Waals surface area contributed by atoms with Crippen molar-refractivity contribution >= 4 is 5.69 Å². The zero-order valence-electron chi connectivity index (χ0n) is 13.0. The van der Waals surface area contributed by atoms with Crippen LogP contribution in [0.4, 0.5) is 10.1 Å². The summed E-state index contributed by atoms with van der Waals surface area (Å²) in [4.78, 5) is 6.57. The van der Waals surface area contributed by atoms with Crippen LogP contribution in [0.5, 0.6) is 0 Å². The topological polar surface area (TPSA) is 42.1 Å². The molecule has 0 aliphatic heterocycles. The van der Waals surface area contributed by atoms with Gasteiger partial charge in [0.05, 0.1) is 12.2 Å². The average Bonchev–Trinajstić information content (AvgIpc) is 2.41. The minimum absolute atomic E-state index is 0.215. The molecule has 1 atom stereocenters. The Labute approximate surface area is 125 Å². The highest BCUT2D eigenvalue weighted by Gasteiger charge is 2.14. The Morgan fingerprint density at radius 2 is 2.00 bits per heavy atom. The number of halogens is 1. The fraction of sp³-hybridized carbons (Fsp3) is 0.353. The van der Waals surface area contributed by atoms with Gasteiger partial charge in [-0.25, -0.2) is 4.39 Å². The number of hydrogen-bond acceptors (Lipinski definition) is 3. The van der Waals surface area contributed by atoms with Crippen LogP contribution >= 0.6 is 0 Å². The van der Waals surface area contributed by atoms with Gasteiger partial charge in [-0.2, -0.15) is 0 Å². The molecular weight excluding hydrogens is 265 g/mol. The number of rotatable bonds is 4. The summed E-state index contributed by atoms with van der Waals surface area (Å²) in [5, 5.41) is 0. The van der Waals surface area contributed by atoms with Crippen LogP contribution in [0.15, 0.2) is 30.3 Å². The summed E-state index contributed by atoms with van der Waals surface area (Å²) in [6.07, 6.45) is 0. The van der Waals surface area contributed by atoms with Crippen LogP contribution in [0.2, 0.25) is 0 Å². The van der Waals surface area contributed by atoms with Gasteiger partial charge >= 0.3 is 0 Å². The highest BCUT2D eigenvalue weighted by atomic mass is 19.1. The van der Waals surface area contributed by atoms with Gasteiger partial charge in [-0.1, -0.05) is 6.07 Å². The van der Waals surface area contributed by atoms with Crippen molar-refractivity contribution in [2.24, 2.45) is 5.73 Å². The smallest absolute Gasteiger partial charge is 0.126 e. The van der Waals surface area contributed by atoms with Gasteiger partial charge in [-0.05, 0) is 56.2 Å². The molecule has 0 saturated carbocycles. The SMILES string of the molecule is Cc1cccc(CN(C)c2cc(C)c(F)cc2[C@@H](C)N)n1. The summed E-state index contributed by atoms with van der Waals surface area (Å²) in [7, 11) is 1.97. The number of pyridine rings is 1. The van der Waals surface area contributed by atoms with Crippen molar-refractivity contribution in [1.29, 1.82) is 0 Å². The third-order valence-corrected chi connectivity index (χ3v) is 3.55. The van der Waals surface area contributed by atoms with E-state index < -0.39 is 0 Å². The zero-order chi connectivity index (χ0) is 15.6. The maximum atomic E-state index is 13.8. The maximum Gasteiger partial charge on any atom is 0.126 e. The fourth-order valence-electron chi connectivity index (χ4n) is 2.39. The van der Waals surface area contributed by atoms with Crippen molar-refractivity contribution in [3.63, 3.8) is 0 Å². The summed E-state index contributed by atoms with van der Waals surface area (Å²) >= 11 is 0. The number of hydrogen-bond donors (Lipinski definition) is 1. The molecule has 21 heavy (non-hydrogen) atoms. The Hall–Kier alpha value is -1.94. The molecule has 1 heterocycles. The molecule has 0 saturated heterocycles. The van der Waals surface area contributed by atoms with Crippen LogP contribution in [0.3, 0.4) is 0 Å². The second kappa shape index (κ2) is 6.22. The van der Waals surface area contributed by atoms with Crippen LogP contribution in [0.25, 0.3) is 0 Å². The van der Waals surface area contributed by atoms with Gasteiger partial charge < -0.3 is 10.6 Å². The second-order valence-electron chi connectivity index (χ2n) is 5.58. The van der Waals surface area contributed by atoms with E-state index in [9.17, 15) is 4.39 Å². The molecule has 4 heteroatoms. The summed E-state index contributed by atoms with van der Waals surface area (Å²) in [5.41, 5.74) is 10.3. The normalized spacial score (nSPS) is 12.3. The van der Waals surface area contributed by atoms with E-state index in [4.69, 9.17) is 5.73 Å². The first-order valence-corrected chi connectivity index (χ1v) is 7.07. The fourth-order valence-corrected chi connectivity index (χ4v) is 2.39. The van der Waals surface area contributed by atoms with E-state index in [0.29, 0.717) is 12.1 Å². The summed E-state index contributed by atoms with van der Waals surface area (Å²) in [5.74, 6) is -0.215. The second-order valence-corrected chi connectivity index (χ2v) is 5.58. The predicted molar refractivity (Wildman–Crippen MR) is 84.8 cm³/mol. The Kier molecular flexibility index (Phi) is 4.58. The molecule has 112 valence electrons. The van der Waals surface area contributed by atoms with E-state index in [-0.39, 0.29) is 11.9 Å². The van der Waals surface area contributed by atoms with E-state index in [0.717, 1.165) is 22.6 Å². The molecule has 0 spiro atoms. The van der Waals surface area contributed by atoms with Crippen LogP contribution in [0, 0.1) is 19.7 Å². The van der Waals surface area contributed by atoms with Crippen molar-refractivity contribution in [3.05, 3.63) is 58.7 Å². The number of nitrogens with zero attached hydrogens (tertiary/aromatic N) is 2. The lowest BCUT2D eigenvalue weighted by Crippen LogP contribution is -2.21. The van der Waals surface area contributed by atoms with Crippen molar-refractivity contribution in [2.45, 2.75) is 33.4 Å². The largest absolute Gasteiger partial charge is 0.368 e. The lowest BCUT2D eigenvalue weighted by atomic mass is 10.0. The standard InChI is InChI=1S/C17H22FN3/c1-11-8-17(15(13(3)19)9-16(11)18)21(4)10-14-7-5-6-12(2)20-14/h5-9,13H,10,19H2,1-4H3/t13-/m1/s1. The third kappa shape index (κ3) is 3.58. The zero-order valence-corrected chi connectivity index (χ0v) is 13.0. The first-order valence-electron chi connectivity index (χ1n) is 7.07. The van der Waals surface area contributed by atoms with Crippen LogP contribution in [0.1, 0.15) is 35.5 Å². The van der Waals surface area contributed by atoms with E-state index in [1.165, 1.54) is 6.07 Å². The molecule has 2 N–H and O–H groups in total. The minimum Gasteiger partial charge on any atom is -0.368 e. The third-order valence-electron chi connectivity index (χ3n) is 3.55. The number of anilines is 1. The van der Waals surface area contributed by atoms with Crippen molar-refractivity contribution < 1.29 is 4.39 Å². The van der Waals surface area contributed by atoms with E-state index >= 15 is 0 Å². The Morgan fingerprint density at radius 3 is 2.62 bits per heavy atom. The van der Waals surface area contributed by atoms with E-state index in [1.54, 1.807) is 6.92 Å². The first kappa shape index (κ1) is 15.4. The molecule has 0 aliphatic rings. The van der Waals surface area contributed by atoms with Crippen molar-refractivity contribution in [1.82, 2.24) is 4.98 Å². The highest BCUT2D eigenvalue weighted by Crippen LogP contribution is 2.28. The highest BCUT2D eigenvalue weighted by molar-refractivity contribution is 5.56. The molecule has 0 amide bonds. The summed E-state index contributed by atoms with van der Waals surface area (Å²) in [6, 6.07) is 9.13. The average molecular weight is 287 g/mol. The molecule has 3 nitrogen and oxygen atoms in total. The van der Waals surface area contributed by atoms with Gasteiger partial charge in [-0.3, -0.25) is 4.98 Å². The quantitative estimate of drug-likeness (QED) is 0.936. The Bertz CT molecular complexity index is 638. The van der Waals surface area contributed by atoms with Gasteiger partial charge in [0.25, 0.3) is 0 Å². The molecular formula is C17H22FN3. The summed E-state index contributed by atoms with van der Waals surface area (Å²) < 4.78 is 13.8. The summed E-state index contributed by atoms with van der Waals surface area (Å²) in [6.45, 7) is 6.26. The van der Waals surface area contributed by atoms with Gasteiger partial charge in [0, 0.05) is 24.5 Å². The van der Waals surface area contributed by atoms with Gasteiger partial charge in [0.2, 0.25) is 0 Å².